The molecule has 1 heterocycles. The van der Waals surface area contributed by atoms with Crippen LogP contribution in [0.3, 0.4) is 0 Å². The van der Waals surface area contributed by atoms with Gasteiger partial charge in [0, 0.05) is 6.54 Å². The minimum absolute atomic E-state index is 0.203. The number of hydrogen-bond acceptors (Lipinski definition) is 5. The Morgan fingerprint density at radius 1 is 1.03 bits per heavy atom. The molecule has 0 aromatic heterocycles. The standard InChI is InChI=1S/C29H28ClNO4S/c1-34-25-15-21(16-26-28(32)31(29(33)36-26)17-19-7-3-2-4-8-19)14-24(30)27(25)35-18-20-11-12-22-9-5-6-10-23(22)13-20/h5-6,9-16,19H,2-4,7-8,17-18H2,1H3/b26-16+. The lowest BCUT2D eigenvalue weighted by molar-refractivity contribution is -0.123. The third-order valence-corrected chi connectivity index (χ3v) is 7.97. The van der Waals surface area contributed by atoms with Gasteiger partial charge in [0.15, 0.2) is 11.5 Å². The van der Waals surface area contributed by atoms with E-state index in [2.05, 4.69) is 24.3 Å². The first-order valence-corrected chi connectivity index (χ1v) is 13.4. The number of carbonyl (C=O) groups excluding carboxylic acids is 2. The summed E-state index contributed by atoms with van der Waals surface area (Å²) in [7, 11) is 1.55. The van der Waals surface area contributed by atoms with Crippen molar-refractivity contribution in [1.29, 1.82) is 0 Å². The van der Waals surface area contributed by atoms with E-state index in [-0.39, 0.29) is 11.1 Å². The van der Waals surface area contributed by atoms with Gasteiger partial charge in [-0.2, -0.15) is 0 Å². The maximum Gasteiger partial charge on any atom is 0.293 e. The summed E-state index contributed by atoms with van der Waals surface area (Å²) < 4.78 is 11.6. The molecule has 1 aliphatic heterocycles. The van der Waals surface area contributed by atoms with E-state index in [9.17, 15) is 9.59 Å². The van der Waals surface area contributed by atoms with Crippen molar-refractivity contribution in [3.05, 3.63) is 75.7 Å². The summed E-state index contributed by atoms with van der Waals surface area (Å²) in [6.45, 7) is 0.841. The Morgan fingerprint density at radius 2 is 1.81 bits per heavy atom. The molecule has 36 heavy (non-hydrogen) atoms. The maximum absolute atomic E-state index is 13.0. The third-order valence-electron chi connectivity index (χ3n) is 6.79. The Kier molecular flexibility index (Phi) is 7.54. The summed E-state index contributed by atoms with van der Waals surface area (Å²) in [6.07, 6.45) is 7.44. The van der Waals surface area contributed by atoms with Crippen LogP contribution in [0.5, 0.6) is 11.5 Å². The number of hydrogen-bond donors (Lipinski definition) is 0. The van der Waals surface area contributed by atoms with E-state index in [0.717, 1.165) is 35.6 Å². The first-order valence-electron chi connectivity index (χ1n) is 12.2. The smallest absolute Gasteiger partial charge is 0.293 e. The van der Waals surface area contributed by atoms with E-state index < -0.39 is 0 Å². The van der Waals surface area contributed by atoms with Gasteiger partial charge in [0.05, 0.1) is 17.0 Å². The minimum atomic E-state index is -0.234. The molecule has 1 saturated carbocycles. The number of ether oxygens (including phenoxy) is 2. The molecule has 1 saturated heterocycles. The second-order valence-electron chi connectivity index (χ2n) is 9.30. The molecule has 2 amide bonds. The summed E-state index contributed by atoms with van der Waals surface area (Å²) in [5.74, 6) is 1.08. The van der Waals surface area contributed by atoms with Crippen molar-refractivity contribution >= 4 is 51.4 Å². The number of nitrogens with zero attached hydrogens (tertiary/aromatic N) is 1. The van der Waals surface area contributed by atoms with Gasteiger partial charge in [-0.15, -0.1) is 0 Å². The van der Waals surface area contributed by atoms with Gasteiger partial charge in [0.2, 0.25) is 0 Å². The van der Waals surface area contributed by atoms with E-state index in [1.54, 1.807) is 25.3 Å². The summed E-state index contributed by atoms with van der Waals surface area (Å²) in [5.41, 5.74) is 1.70. The normalized spacial score (nSPS) is 17.8. The van der Waals surface area contributed by atoms with Crippen LogP contribution in [-0.2, 0) is 11.4 Å². The zero-order valence-electron chi connectivity index (χ0n) is 20.2. The van der Waals surface area contributed by atoms with Crippen LogP contribution in [-0.4, -0.2) is 29.7 Å². The number of amides is 2. The van der Waals surface area contributed by atoms with Gasteiger partial charge >= 0.3 is 0 Å². The Bertz CT molecular complexity index is 1330. The van der Waals surface area contributed by atoms with Crippen LogP contribution >= 0.6 is 23.4 Å². The highest BCUT2D eigenvalue weighted by Gasteiger charge is 2.36. The van der Waals surface area contributed by atoms with Gasteiger partial charge in [0.25, 0.3) is 11.1 Å². The molecule has 0 N–H and O–H groups in total. The zero-order valence-corrected chi connectivity index (χ0v) is 21.7. The number of carbonyl (C=O) groups is 2. The van der Waals surface area contributed by atoms with Crippen LogP contribution in [0, 0.1) is 5.92 Å². The Morgan fingerprint density at radius 3 is 2.58 bits per heavy atom. The van der Waals surface area contributed by atoms with Gasteiger partial charge in [-0.3, -0.25) is 14.5 Å². The van der Waals surface area contributed by atoms with E-state index in [4.69, 9.17) is 21.1 Å². The van der Waals surface area contributed by atoms with Crippen LogP contribution in [0.2, 0.25) is 5.02 Å². The fourth-order valence-electron chi connectivity index (χ4n) is 4.88. The predicted octanol–water partition coefficient (Wildman–Crippen LogP) is 7.70. The van der Waals surface area contributed by atoms with Crippen molar-refractivity contribution in [1.82, 2.24) is 4.90 Å². The van der Waals surface area contributed by atoms with Crippen LogP contribution in [0.4, 0.5) is 4.79 Å². The zero-order chi connectivity index (χ0) is 25.1. The third kappa shape index (κ3) is 5.40. The van der Waals surface area contributed by atoms with Gasteiger partial charge in [-0.1, -0.05) is 67.3 Å². The van der Waals surface area contributed by atoms with E-state index in [0.29, 0.717) is 46.1 Å². The summed E-state index contributed by atoms with van der Waals surface area (Å²) in [5, 5.41) is 2.49. The topological polar surface area (TPSA) is 55.8 Å². The number of imide groups is 1. The molecular formula is C29H28ClNO4S. The molecular weight excluding hydrogens is 494 g/mol. The first-order chi connectivity index (χ1) is 17.5. The molecule has 0 spiro atoms. The summed E-state index contributed by atoms with van der Waals surface area (Å²) >= 11 is 7.56. The van der Waals surface area contributed by atoms with Crippen LogP contribution in [0.1, 0.15) is 43.2 Å². The van der Waals surface area contributed by atoms with E-state index >= 15 is 0 Å². The van der Waals surface area contributed by atoms with Gasteiger partial charge in [-0.25, -0.2) is 0 Å². The first kappa shape index (κ1) is 24.7. The highest BCUT2D eigenvalue weighted by atomic mass is 35.5. The number of methoxy groups -OCH3 is 1. The Hall–Kier alpha value is -2.96. The van der Waals surface area contributed by atoms with Gasteiger partial charge in [-0.05, 0) is 76.7 Å². The molecule has 0 bridgehead atoms. The highest BCUT2D eigenvalue weighted by Crippen LogP contribution is 2.40. The number of benzene rings is 3. The number of rotatable bonds is 7. The van der Waals surface area contributed by atoms with Crippen molar-refractivity contribution in [2.45, 2.75) is 38.7 Å². The van der Waals surface area contributed by atoms with Crippen LogP contribution in [0.15, 0.2) is 59.5 Å². The monoisotopic (exact) mass is 521 g/mol. The molecule has 2 fully saturated rings. The molecule has 2 aliphatic rings. The molecule has 0 atom stereocenters. The second kappa shape index (κ2) is 11.0. The molecule has 3 aromatic carbocycles. The van der Waals surface area contributed by atoms with Crippen molar-refractivity contribution < 1.29 is 19.1 Å². The summed E-state index contributed by atoms with van der Waals surface area (Å²) in [4.78, 5) is 27.3. The predicted molar refractivity (Wildman–Crippen MR) is 146 cm³/mol. The SMILES string of the molecule is COc1cc(/C=C2/SC(=O)N(CC3CCCCC3)C2=O)cc(Cl)c1OCc1ccc2ccccc2c1. The largest absolute Gasteiger partial charge is 0.493 e. The number of thioether (sulfide) groups is 1. The molecule has 1 aliphatic carbocycles. The molecule has 5 nitrogen and oxygen atoms in total. The highest BCUT2D eigenvalue weighted by molar-refractivity contribution is 8.18. The summed E-state index contributed by atoms with van der Waals surface area (Å²) in [6, 6.07) is 17.9. The lowest BCUT2D eigenvalue weighted by Crippen LogP contribution is -2.34. The van der Waals surface area contributed by atoms with Crippen LogP contribution in [0.25, 0.3) is 16.8 Å². The molecule has 3 aromatic rings. The molecule has 186 valence electrons. The van der Waals surface area contributed by atoms with E-state index in [1.165, 1.54) is 29.5 Å². The minimum Gasteiger partial charge on any atom is -0.493 e. The Balaban J connectivity index is 1.31. The van der Waals surface area contributed by atoms with E-state index in [1.807, 2.05) is 18.2 Å². The average Bonchev–Trinajstić information content (AvgIpc) is 3.15. The van der Waals surface area contributed by atoms with Gasteiger partial charge < -0.3 is 9.47 Å². The fraction of sp³-hybridized carbons (Fsp3) is 0.310. The molecule has 5 rings (SSSR count). The molecule has 7 heteroatoms. The molecule has 0 unspecified atom stereocenters. The number of fused-ring (bicyclic) bond motifs is 1. The van der Waals surface area contributed by atoms with Crippen LogP contribution < -0.4 is 9.47 Å². The fourth-order valence-corrected chi connectivity index (χ4v) is 6.01. The lowest BCUT2D eigenvalue weighted by Gasteiger charge is -2.25. The number of halogens is 1. The van der Waals surface area contributed by atoms with Crippen molar-refractivity contribution in [3.8, 4) is 11.5 Å². The second-order valence-corrected chi connectivity index (χ2v) is 10.7. The van der Waals surface area contributed by atoms with Gasteiger partial charge in [0.1, 0.15) is 6.61 Å². The molecule has 0 radical (unpaired) electrons. The average molecular weight is 522 g/mol. The quantitative estimate of drug-likeness (QED) is 0.298. The van der Waals surface area contributed by atoms with Crippen molar-refractivity contribution in [2.75, 3.05) is 13.7 Å². The maximum atomic E-state index is 13.0. The lowest BCUT2D eigenvalue weighted by atomic mass is 9.89. The van der Waals surface area contributed by atoms with Crippen molar-refractivity contribution in [3.63, 3.8) is 0 Å². The Labute approximate surface area is 220 Å². The van der Waals surface area contributed by atoms with Crippen molar-refractivity contribution in [2.24, 2.45) is 5.92 Å².